The highest BCUT2D eigenvalue weighted by atomic mass is 16.5. The lowest BCUT2D eigenvalue weighted by Gasteiger charge is -1.97. The van der Waals surface area contributed by atoms with Crippen LogP contribution in [0, 0.1) is 6.92 Å². The molecule has 2 aromatic rings. The van der Waals surface area contributed by atoms with Gasteiger partial charge in [-0.15, -0.1) is 0 Å². The van der Waals surface area contributed by atoms with Gasteiger partial charge >= 0.3 is 5.97 Å². The number of hydrogen-bond acceptors (Lipinski definition) is 5. The van der Waals surface area contributed by atoms with E-state index in [0.717, 1.165) is 17.5 Å². The van der Waals surface area contributed by atoms with Crippen molar-refractivity contribution in [1.29, 1.82) is 0 Å². The summed E-state index contributed by atoms with van der Waals surface area (Å²) in [4.78, 5) is 18.7. The summed E-state index contributed by atoms with van der Waals surface area (Å²) in [5.74, 6) is 0.277. The lowest BCUT2D eigenvalue weighted by molar-refractivity contribution is -0.137. The van der Waals surface area contributed by atoms with E-state index >= 15 is 0 Å². The van der Waals surface area contributed by atoms with Gasteiger partial charge < -0.3 is 9.63 Å². The fourth-order valence-electron chi connectivity index (χ4n) is 1.72. The van der Waals surface area contributed by atoms with E-state index in [0.29, 0.717) is 24.6 Å². The largest absolute Gasteiger partial charge is 0.481 e. The normalized spacial score (nSPS) is 10.6. The fourth-order valence-corrected chi connectivity index (χ4v) is 1.72. The first kappa shape index (κ1) is 13.2. The number of hydrogen-bond donors (Lipinski definition) is 1. The van der Waals surface area contributed by atoms with Gasteiger partial charge in [-0.05, 0) is 31.4 Å². The van der Waals surface area contributed by atoms with Crippen molar-refractivity contribution >= 4 is 5.97 Å². The Balaban J connectivity index is 1.96. The third-order valence-electron chi connectivity index (χ3n) is 2.78. The molecule has 1 N–H and O–H groups in total. The molecule has 0 fully saturated rings. The van der Waals surface area contributed by atoms with Gasteiger partial charge in [0.05, 0.1) is 0 Å². The van der Waals surface area contributed by atoms with Crippen LogP contribution in [0.3, 0.4) is 0 Å². The molecular formula is C13H15N3O3. The van der Waals surface area contributed by atoms with E-state index < -0.39 is 5.97 Å². The lowest BCUT2D eigenvalue weighted by atomic mass is 10.1. The number of unbranched alkanes of at least 4 members (excludes halogenated alkanes) is 1. The second-order valence-electron chi connectivity index (χ2n) is 4.30. The van der Waals surface area contributed by atoms with Gasteiger partial charge in [0.2, 0.25) is 11.7 Å². The van der Waals surface area contributed by atoms with E-state index in [9.17, 15) is 4.79 Å². The molecule has 0 spiro atoms. The first-order chi connectivity index (χ1) is 9.16. The number of carboxylic acids is 1. The van der Waals surface area contributed by atoms with Gasteiger partial charge in [-0.1, -0.05) is 5.16 Å². The summed E-state index contributed by atoms with van der Waals surface area (Å²) in [6, 6.07) is 1.89. The molecule has 0 aliphatic heterocycles. The Morgan fingerprint density at radius 1 is 1.42 bits per heavy atom. The molecule has 0 atom stereocenters. The number of aliphatic carboxylic acids is 1. The number of carboxylic acid groups (broad SMARTS) is 1. The fraction of sp³-hybridized carbons (Fsp3) is 0.385. The molecule has 2 heterocycles. The molecule has 0 saturated carbocycles. The molecule has 19 heavy (non-hydrogen) atoms. The van der Waals surface area contributed by atoms with E-state index in [2.05, 4.69) is 15.1 Å². The maximum atomic E-state index is 10.4. The zero-order valence-electron chi connectivity index (χ0n) is 10.7. The molecule has 0 aliphatic rings. The maximum absolute atomic E-state index is 10.4. The Morgan fingerprint density at radius 3 is 3.00 bits per heavy atom. The number of carbonyl (C=O) groups is 1. The van der Waals surface area contributed by atoms with Crippen molar-refractivity contribution in [3.8, 4) is 11.4 Å². The molecule has 0 aromatic carbocycles. The molecule has 0 amide bonds. The predicted molar refractivity (Wildman–Crippen MR) is 67.5 cm³/mol. The predicted octanol–water partition coefficient (Wildman–Crippen LogP) is 2.24. The van der Waals surface area contributed by atoms with E-state index in [1.165, 1.54) is 0 Å². The summed E-state index contributed by atoms with van der Waals surface area (Å²) in [7, 11) is 0. The van der Waals surface area contributed by atoms with Crippen LogP contribution >= 0.6 is 0 Å². The van der Waals surface area contributed by atoms with Gasteiger partial charge in [-0.25, -0.2) is 0 Å². The van der Waals surface area contributed by atoms with Crippen LogP contribution in [0.1, 0.15) is 30.7 Å². The van der Waals surface area contributed by atoms with Gasteiger partial charge in [0, 0.05) is 30.8 Å². The van der Waals surface area contributed by atoms with Gasteiger partial charge in [-0.2, -0.15) is 4.98 Å². The molecule has 0 bridgehead atoms. The SMILES string of the molecule is Cc1ccncc1-c1noc(CCCCC(=O)O)n1. The van der Waals surface area contributed by atoms with E-state index in [1.807, 2.05) is 13.0 Å². The summed E-state index contributed by atoms with van der Waals surface area (Å²) in [5, 5.41) is 12.5. The van der Waals surface area contributed by atoms with Crippen LogP contribution < -0.4 is 0 Å². The summed E-state index contributed by atoms with van der Waals surface area (Å²) >= 11 is 0. The van der Waals surface area contributed by atoms with Crippen molar-refractivity contribution in [3.05, 3.63) is 29.9 Å². The average Bonchev–Trinajstić information content (AvgIpc) is 2.83. The Labute approximate surface area is 110 Å². The van der Waals surface area contributed by atoms with Crippen LogP contribution in [0.15, 0.2) is 23.0 Å². The molecule has 2 aromatic heterocycles. The van der Waals surface area contributed by atoms with Crippen LogP contribution in [0.5, 0.6) is 0 Å². The Morgan fingerprint density at radius 2 is 2.26 bits per heavy atom. The van der Waals surface area contributed by atoms with Crippen LogP contribution in [-0.4, -0.2) is 26.2 Å². The minimum atomic E-state index is -0.780. The molecule has 100 valence electrons. The van der Waals surface area contributed by atoms with Crippen LogP contribution in [0.4, 0.5) is 0 Å². The lowest BCUT2D eigenvalue weighted by Crippen LogP contribution is -1.95. The van der Waals surface area contributed by atoms with Gasteiger partial charge in [0.25, 0.3) is 0 Å². The van der Waals surface area contributed by atoms with Crippen molar-refractivity contribution in [1.82, 2.24) is 15.1 Å². The van der Waals surface area contributed by atoms with Crippen LogP contribution in [-0.2, 0) is 11.2 Å². The van der Waals surface area contributed by atoms with E-state index in [-0.39, 0.29) is 6.42 Å². The monoisotopic (exact) mass is 261 g/mol. The number of aryl methyl sites for hydroxylation is 2. The summed E-state index contributed by atoms with van der Waals surface area (Å²) in [5.41, 5.74) is 1.89. The highest BCUT2D eigenvalue weighted by Gasteiger charge is 2.10. The summed E-state index contributed by atoms with van der Waals surface area (Å²) in [6.07, 6.45) is 5.52. The van der Waals surface area contributed by atoms with Gasteiger partial charge in [0.15, 0.2) is 0 Å². The zero-order valence-corrected chi connectivity index (χ0v) is 10.7. The third-order valence-corrected chi connectivity index (χ3v) is 2.78. The Kier molecular flexibility index (Phi) is 4.22. The highest BCUT2D eigenvalue weighted by molar-refractivity contribution is 5.66. The van der Waals surface area contributed by atoms with Crippen LogP contribution in [0.2, 0.25) is 0 Å². The topological polar surface area (TPSA) is 89.1 Å². The number of nitrogens with zero attached hydrogens (tertiary/aromatic N) is 3. The van der Waals surface area contributed by atoms with Crippen molar-refractivity contribution in [2.24, 2.45) is 0 Å². The molecule has 2 rings (SSSR count). The number of aromatic nitrogens is 3. The molecule has 6 heteroatoms. The van der Waals surface area contributed by atoms with E-state index in [4.69, 9.17) is 9.63 Å². The highest BCUT2D eigenvalue weighted by Crippen LogP contribution is 2.19. The number of pyridine rings is 1. The van der Waals surface area contributed by atoms with Gasteiger partial charge in [0.1, 0.15) is 0 Å². The Hall–Kier alpha value is -2.24. The quantitative estimate of drug-likeness (QED) is 0.802. The Bertz CT molecular complexity index is 566. The number of rotatable bonds is 6. The van der Waals surface area contributed by atoms with Crippen molar-refractivity contribution < 1.29 is 14.4 Å². The standard InChI is InChI=1S/C13H15N3O3/c1-9-6-7-14-8-10(9)13-15-11(19-16-13)4-2-3-5-12(17)18/h6-8H,2-5H2,1H3,(H,17,18). The minimum absolute atomic E-state index is 0.169. The minimum Gasteiger partial charge on any atom is -0.481 e. The summed E-state index contributed by atoms with van der Waals surface area (Å²) < 4.78 is 5.14. The maximum Gasteiger partial charge on any atom is 0.303 e. The van der Waals surface area contributed by atoms with E-state index in [1.54, 1.807) is 12.4 Å². The average molecular weight is 261 g/mol. The van der Waals surface area contributed by atoms with Crippen molar-refractivity contribution in [2.45, 2.75) is 32.6 Å². The van der Waals surface area contributed by atoms with Crippen molar-refractivity contribution in [3.63, 3.8) is 0 Å². The first-order valence-electron chi connectivity index (χ1n) is 6.12. The van der Waals surface area contributed by atoms with Crippen molar-refractivity contribution in [2.75, 3.05) is 0 Å². The molecular weight excluding hydrogens is 246 g/mol. The van der Waals surface area contributed by atoms with Crippen LogP contribution in [0.25, 0.3) is 11.4 Å². The second-order valence-corrected chi connectivity index (χ2v) is 4.30. The molecule has 0 saturated heterocycles. The van der Waals surface area contributed by atoms with Gasteiger partial charge in [-0.3, -0.25) is 9.78 Å². The smallest absolute Gasteiger partial charge is 0.303 e. The first-order valence-corrected chi connectivity index (χ1v) is 6.12. The molecule has 0 radical (unpaired) electrons. The molecule has 6 nitrogen and oxygen atoms in total. The second kappa shape index (κ2) is 6.08. The molecule has 0 unspecified atom stereocenters. The molecule has 0 aliphatic carbocycles. The zero-order chi connectivity index (χ0) is 13.7. The summed E-state index contributed by atoms with van der Waals surface area (Å²) in [6.45, 7) is 1.96. The third kappa shape index (κ3) is 3.61.